The molecule has 0 unspecified atom stereocenters. The number of aryl methyl sites for hydroxylation is 1. The van der Waals surface area contributed by atoms with E-state index in [0.717, 1.165) is 5.56 Å². The molecule has 0 aliphatic carbocycles. The molecule has 2 rings (SSSR count). The van der Waals surface area contributed by atoms with E-state index in [-0.39, 0.29) is 11.0 Å². The number of carbonyl (C=O) groups excluding carboxylic acids is 1. The van der Waals surface area contributed by atoms with Gasteiger partial charge >= 0.3 is 0 Å². The first-order chi connectivity index (χ1) is 9.97. The molecule has 2 aromatic rings. The number of nitrogens with one attached hydrogen (secondary N) is 2. The van der Waals surface area contributed by atoms with Crippen LogP contribution in [0.25, 0.3) is 0 Å². The molecule has 0 aromatic heterocycles. The fourth-order valence-electron chi connectivity index (χ4n) is 1.74. The number of thiocarbonyl (C=S) groups is 1. The summed E-state index contributed by atoms with van der Waals surface area (Å²) >= 11 is 17.0. The third-order valence-electron chi connectivity index (χ3n) is 2.80. The smallest absolute Gasteiger partial charge is 0.257 e. The highest BCUT2D eigenvalue weighted by atomic mass is 35.5. The van der Waals surface area contributed by atoms with Crippen molar-refractivity contribution in [3.63, 3.8) is 0 Å². The third-order valence-corrected chi connectivity index (χ3v) is 3.55. The molecule has 0 aliphatic rings. The molecule has 2 N–H and O–H groups in total. The van der Waals surface area contributed by atoms with Crippen molar-refractivity contribution in [3.05, 3.63) is 63.6 Å². The molecular weight excluding hydrogens is 327 g/mol. The Morgan fingerprint density at radius 3 is 2.52 bits per heavy atom. The van der Waals surface area contributed by atoms with Crippen molar-refractivity contribution < 1.29 is 4.79 Å². The number of hydrogen-bond acceptors (Lipinski definition) is 2. The summed E-state index contributed by atoms with van der Waals surface area (Å²) in [5.74, 6) is -0.268. The number of rotatable bonds is 2. The van der Waals surface area contributed by atoms with Crippen molar-refractivity contribution in [2.75, 3.05) is 5.32 Å². The van der Waals surface area contributed by atoms with Crippen LogP contribution in [-0.4, -0.2) is 11.0 Å². The fourth-order valence-corrected chi connectivity index (χ4v) is 2.40. The van der Waals surface area contributed by atoms with E-state index in [1.54, 1.807) is 30.3 Å². The lowest BCUT2D eigenvalue weighted by Crippen LogP contribution is -2.34. The maximum atomic E-state index is 12.1. The zero-order chi connectivity index (χ0) is 15.4. The lowest BCUT2D eigenvalue weighted by molar-refractivity contribution is 0.0977. The summed E-state index contributed by atoms with van der Waals surface area (Å²) in [5.41, 5.74) is 2.03. The Morgan fingerprint density at radius 2 is 1.86 bits per heavy atom. The zero-order valence-corrected chi connectivity index (χ0v) is 13.4. The number of amides is 1. The van der Waals surface area contributed by atoms with Gasteiger partial charge in [-0.1, -0.05) is 41.4 Å². The Bertz CT molecular complexity index is 704. The molecule has 0 bridgehead atoms. The predicted octanol–water partition coefficient (Wildman–Crippen LogP) is 4.43. The molecule has 0 saturated heterocycles. The molecule has 0 radical (unpaired) electrons. The molecule has 1 amide bonds. The number of hydrogen-bond donors (Lipinski definition) is 2. The molecule has 0 fully saturated rings. The molecular formula is C15H12Cl2N2OS. The Kier molecular flexibility index (Phi) is 5.17. The average molecular weight is 339 g/mol. The van der Waals surface area contributed by atoms with Crippen LogP contribution in [0, 0.1) is 6.92 Å². The van der Waals surface area contributed by atoms with Gasteiger partial charge < -0.3 is 5.32 Å². The lowest BCUT2D eigenvalue weighted by atomic mass is 10.1. The van der Waals surface area contributed by atoms with Gasteiger partial charge in [0.1, 0.15) is 0 Å². The molecule has 0 spiro atoms. The summed E-state index contributed by atoms with van der Waals surface area (Å²) in [5, 5.41) is 6.61. The van der Waals surface area contributed by atoms with Gasteiger partial charge in [0.2, 0.25) is 0 Å². The van der Waals surface area contributed by atoms with Crippen LogP contribution < -0.4 is 10.6 Å². The topological polar surface area (TPSA) is 41.1 Å². The summed E-state index contributed by atoms with van der Waals surface area (Å²) in [6.07, 6.45) is 0. The van der Waals surface area contributed by atoms with E-state index in [0.29, 0.717) is 21.3 Å². The monoisotopic (exact) mass is 338 g/mol. The van der Waals surface area contributed by atoms with E-state index in [4.69, 9.17) is 35.4 Å². The average Bonchev–Trinajstić information content (AvgIpc) is 2.42. The SMILES string of the molecule is Cc1ccccc1C(=O)NC(=S)Nc1ccc(Cl)cc1Cl. The van der Waals surface area contributed by atoms with E-state index in [9.17, 15) is 4.79 Å². The van der Waals surface area contributed by atoms with Crippen LogP contribution in [0.4, 0.5) is 5.69 Å². The first-order valence-corrected chi connectivity index (χ1v) is 7.27. The molecule has 108 valence electrons. The standard InChI is InChI=1S/C15H12Cl2N2OS/c1-9-4-2-3-5-11(9)14(20)19-15(21)18-13-7-6-10(16)8-12(13)17/h2-8H,1H3,(H2,18,19,20,21). The van der Waals surface area contributed by atoms with E-state index in [1.165, 1.54) is 0 Å². The van der Waals surface area contributed by atoms with Gasteiger partial charge in [0.05, 0.1) is 10.7 Å². The van der Waals surface area contributed by atoms with E-state index in [1.807, 2.05) is 19.1 Å². The quantitative estimate of drug-likeness (QED) is 0.796. The summed E-state index contributed by atoms with van der Waals surface area (Å²) in [4.78, 5) is 12.1. The largest absolute Gasteiger partial charge is 0.331 e. The van der Waals surface area contributed by atoms with E-state index >= 15 is 0 Å². The molecule has 21 heavy (non-hydrogen) atoms. The Morgan fingerprint density at radius 1 is 1.14 bits per heavy atom. The van der Waals surface area contributed by atoms with Gasteiger partial charge in [-0.25, -0.2) is 0 Å². The van der Waals surface area contributed by atoms with Crippen molar-refractivity contribution in [1.29, 1.82) is 0 Å². The highest BCUT2D eigenvalue weighted by molar-refractivity contribution is 7.80. The molecule has 0 saturated carbocycles. The summed E-state index contributed by atoms with van der Waals surface area (Å²) in [7, 11) is 0. The number of carbonyl (C=O) groups is 1. The summed E-state index contributed by atoms with van der Waals surface area (Å²) < 4.78 is 0. The first-order valence-electron chi connectivity index (χ1n) is 6.10. The minimum absolute atomic E-state index is 0.174. The van der Waals surface area contributed by atoms with Gasteiger partial charge in [0, 0.05) is 10.6 Å². The second-order valence-electron chi connectivity index (χ2n) is 4.35. The highest BCUT2D eigenvalue weighted by Crippen LogP contribution is 2.25. The van der Waals surface area contributed by atoms with E-state index < -0.39 is 0 Å². The van der Waals surface area contributed by atoms with Crippen LogP contribution in [0.2, 0.25) is 10.0 Å². The van der Waals surface area contributed by atoms with Crippen LogP contribution in [0.1, 0.15) is 15.9 Å². The van der Waals surface area contributed by atoms with Crippen LogP contribution in [0.15, 0.2) is 42.5 Å². The number of halogens is 2. The maximum absolute atomic E-state index is 12.1. The predicted molar refractivity (Wildman–Crippen MR) is 91.3 cm³/mol. The second-order valence-corrected chi connectivity index (χ2v) is 5.60. The van der Waals surface area contributed by atoms with Gasteiger partial charge in [-0.3, -0.25) is 10.1 Å². The molecule has 0 aliphatic heterocycles. The van der Waals surface area contributed by atoms with Gasteiger partial charge in [-0.05, 0) is 49.0 Å². The molecule has 2 aromatic carbocycles. The molecule has 0 atom stereocenters. The van der Waals surface area contributed by atoms with Crippen LogP contribution >= 0.6 is 35.4 Å². The molecule has 6 heteroatoms. The van der Waals surface area contributed by atoms with Crippen LogP contribution in [0.3, 0.4) is 0 Å². The normalized spacial score (nSPS) is 10.0. The Hall–Kier alpha value is -1.62. The van der Waals surface area contributed by atoms with Crippen LogP contribution in [-0.2, 0) is 0 Å². The van der Waals surface area contributed by atoms with Gasteiger partial charge in [0.25, 0.3) is 5.91 Å². The second kappa shape index (κ2) is 6.89. The number of anilines is 1. The lowest BCUT2D eigenvalue weighted by Gasteiger charge is -2.12. The minimum atomic E-state index is -0.268. The van der Waals surface area contributed by atoms with Crippen molar-refractivity contribution in [1.82, 2.24) is 5.32 Å². The maximum Gasteiger partial charge on any atom is 0.257 e. The number of benzene rings is 2. The van der Waals surface area contributed by atoms with Crippen molar-refractivity contribution in [3.8, 4) is 0 Å². The third kappa shape index (κ3) is 4.17. The zero-order valence-electron chi connectivity index (χ0n) is 11.1. The van der Waals surface area contributed by atoms with Crippen LogP contribution in [0.5, 0.6) is 0 Å². The first kappa shape index (κ1) is 15.8. The summed E-state index contributed by atoms with van der Waals surface area (Å²) in [6, 6.07) is 12.2. The molecule has 3 nitrogen and oxygen atoms in total. The minimum Gasteiger partial charge on any atom is -0.331 e. The van der Waals surface area contributed by atoms with Crippen molar-refractivity contribution in [2.45, 2.75) is 6.92 Å². The van der Waals surface area contributed by atoms with Gasteiger partial charge in [-0.2, -0.15) is 0 Å². The van der Waals surface area contributed by atoms with Gasteiger partial charge in [0.15, 0.2) is 5.11 Å². The van der Waals surface area contributed by atoms with E-state index in [2.05, 4.69) is 10.6 Å². The Balaban J connectivity index is 2.05. The Labute approximate surface area is 138 Å². The van der Waals surface area contributed by atoms with Gasteiger partial charge in [-0.15, -0.1) is 0 Å². The summed E-state index contributed by atoms with van der Waals surface area (Å²) in [6.45, 7) is 1.86. The van der Waals surface area contributed by atoms with Crippen molar-refractivity contribution in [2.24, 2.45) is 0 Å². The fraction of sp³-hybridized carbons (Fsp3) is 0.0667. The molecule has 0 heterocycles. The highest BCUT2D eigenvalue weighted by Gasteiger charge is 2.11. The van der Waals surface area contributed by atoms with Crippen molar-refractivity contribution >= 4 is 52.1 Å².